The molecule has 0 aromatic heterocycles. The van der Waals surface area contributed by atoms with Crippen LogP contribution >= 0.6 is 0 Å². The second-order valence-electron chi connectivity index (χ2n) is 6.93. The Morgan fingerprint density at radius 2 is 2.00 bits per heavy atom. The zero-order valence-corrected chi connectivity index (χ0v) is 12.2. The van der Waals surface area contributed by atoms with E-state index in [1.165, 1.54) is 6.08 Å². The largest absolute Gasteiger partial charge is 0.462 e. The third-order valence-corrected chi connectivity index (χ3v) is 6.19. The number of hydrogen-bond donors (Lipinski definition) is 2. The number of aliphatic hydroxyl groups excluding tert-OH is 1. The molecule has 0 radical (unpaired) electrons. The van der Waals surface area contributed by atoms with Crippen molar-refractivity contribution in [3.8, 4) is 0 Å². The van der Waals surface area contributed by atoms with Crippen LogP contribution in [-0.2, 0) is 23.9 Å². The summed E-state index contributed by atoms with van der Waals surface area (Å²) < 4.78 is 10.2. The normalized spacial score (nSPS) is 52.6. The molecule has 6 atom stereocenters. The molecule has 6 unspecified atom stereocenters. The molecule has 4 rings (SSSR count). The summed E-state index contributed by atoms with van der Waals surface area (Å²) in [5.74, 6) is -2.62. The van der Waals surface area contributed by atoms with Crippen LogP contribution in [0.3, 0.4) is 0 Å². The Kier molecular flexibility index (Phi) is 2.27. The molecule has 118 valence electrons. The molecule has 2 N–H and O–H groups in total. The van der Waals surface area contributed by atoms with Crippen molar-refractivity contribution in [3.63, 3.8) is 0 Å². The minimum absolute atomic E-state index is 0.0276. The van der Waals surface area contributed by atoms with Crippen LogP contribution in [0, 0.1) is 16.7 Å². The predicted octanol–water partition coefficient (Wildman–Crippen LogP) is -0.898. The lowest BCUT2D eigenvalue weighted by atomic mass is 9.49. The Balaban J connectivity index is 2.02. The zero-order valence-electron chi connectivity index (χ0n) is 12.2. The molecule has 2 aliphatic heterocycles. The molecule has 0 aromatic carbocycles. The van der Waals surface area contributed by atoms with Gasteiger partial charge in [-0.15, -0.1) is 0 Å². The standard InChI is InChI=1S/C15H16O7/c1-6-7(16)3-8-13(2)5-21-12(19)15(13,20)9-4-14(6,8)10(17)11(18)22-9/h3,6,9-10,17,20H,4-5H2,1-2H3. The fraction of sp³-hybridized carbons (Fsp3) is 0.667. The van der Waals surface area contributed by atoms with Crippen LogP contribution in [0.4, 0.5) is 0 Å². The van der Waals surface area contributed by atoms with Crippen LogP contribution < -0.4 is 0 Å². The average molecular weight is 308 g/mol. The maximum Gasteiger partial charge on any atom is 0.343 e. The van der Waals surface area contributed by atoms with E-state index in [-0.39, 0.29) is 18.8 Å². The number of carbonyl (C=O) groups excluding carboxylic acids is 3. The SMILES string of the molecule is CC1C(=O)C=C2C13CC(OC(=O)C3O)C1(O)C(=O)OCC21C. The Bertz CT molecular complexity index is 667. The molecule has 0 amide bonds. The van der Waals surface area contributed by atoms with Gasteiger partial charge in [-0.2, -0.15) is 0 Å². The lowest BCUT2D eigenvalue weighted by Crippen LogP contribution is -2.71. The van der Waals surface area contributed by atoms with Crippen LogP contribution in [-0.4, -0.2) is 52.4 Å². The number of allylic oxidation sites excluding steroid dienone is 1. The van der Waals surface area contributed by atoms with Gasteiger partial charge >= 0.3 is 11.9 Å². The van der Waals surface area contributed by atoms with E-state index in [2.05, 4.69) is 0 Å². The van der Waals surface area contributed by atoms with E-state index in [4.69, 9.17) is 9.47 Å². The number of aliphatic hydroxyl groups is 2. The number of fused-ring (bicyclic) bond motifs is 4. The van der Waals surface area contributed by atoms with Crippen molar-refractivity contribution in [1.29, 1.82) is 0 Å². The number of ether oxygens (including phenoxy) is 2. The molecule has 2 aliphatic carbocycles. The molecular formula is C15H16O7. The molecular weight excluding hydrogens is 292 g/mol. The van der Waals surface area contributed by atoms with E-state index in [0.29, 0.717) is 5.57 Å². The van der Waals surface area contributed by atoms with Gasteiger partial charge in [-0.1, -0.05) is 6.92 Å². The van der Waals surface area contributed by atoms with Crippen molar-refractivity contribution in [1.82, 2.24) is 0 Å². The molecule has 7 heteroatoms. The van der Waals surface area contributed by atoms with Crippen molar-refractivity contribution in [2.24, 2.45) is 16.7 Å². The summed E-state index contributed by atoms with van der Waals surface area (Å²) in [6.45, 7) is 3.15. The Morgan fingerprint density at radius 3 is 2.68 bits per heavy atom. The van der Waals surface area contributed by atoms with Crippen molar-refractivity contribution >= 4 is 17.7 Å². The Morgan fingerprint density at radius 1 is 1.32 bits per heavy atom. The van der Waals surface area contributed by atoms with E-state index in [1.807, 2.05) is 0 Å². The number of carbonyl (C=O) groups is 3. The number of cyclic esters (lactones) is 1. The first-order valence-corrected chi connectivity index (χ1v) is 7.24. The number of hydrogen-bond acceptors (Lipinski definition) is 7. The minimum atomic E-state index is -2.03. The molecule has 2 saturated heterocycles. The molecule has 2 heterocycles. The predicted molar refractivity (Wildman–Crippen MR) is 69.2 cm³/mol. The molecule has 1 spiro atoms. The lowest BCUT2D eigenvalue weighted by Gasteiger charge is -2.57. The van der Waals surface area contributed by atoms with Crippen LogP contribution in [0.1, 0.15) is 20.3 Å². The van der Waals surface area contributed by atoms with Gasteiger partial charge < -0.3 is 19.7 Å². The van der Waals surface area contributed by atoms with Gasteiger partial charge in [0, 0.05) is 17.8 Å². The zero-order chi connectivity index (χ0) is 16.1. The second kappa shape index (κ2) is 3.60. The highest BCUT2D eigenvalue weighted by Gasteiger charge is 2.78. The van der Waals surface area contributed by atoms with Gasteiger partial charge in [0.05, 0.1) is 5.41 Å². The summed E-state index contributed by atoms with van der Waals surface area (Å²) in [5, 5.41) is 21.4. The Hall–Kier alpha value is -1.73. The van der Waals surface area contributed by atoms with Gasteiger partial charge in [-0.3, -0.25) is 4.79 Å². The average Bonchev–Trinajstić information content (AvgIpc) is 2.87. The van der Waals surface area contributed by atoms with E-state index >= 15 is 0 Å². The number of rotatable bonds is 0. The van der Waals surface area contributed by atoms with Gasteiger partial charge in [0.1, 0.15) is 12.7 Å². The maximum absolute atomic E-state index is 12.3. The van der Waals surface area contributed by atoms with Gasteiger partial charge in [-0.25, -0.2) is 9.59 Å². The molecule has 22 heavy (non-hydrogen) atoms. The smallest absolute Gasteiger partial charge is 0.343 e. The third-order valence-electron chi connectivity index (χ3n) is 6.19. The summed E-state index contributed by atoms with van der Waals surface area (Å²) in [5.41, 5.74) is -3.94. The molecule has 3 fully saturated rings. The highest BCUT2D eigenvalue weighted by Crippen LogP contribution is 2.66. The van der Waals surface area contributed by atoms with E-state index in [0.717, 1.165) is 0 Å². The van der Waals surface area contributed by atoms with Crippen molar-refractivity contribution < 1.29 is 34.1 Å². The Labute approximate surface area is 125 Å². The van der Waals surface area contributed by atoms with Crippen molar-refractivity contribution in [2.75, 3.05) is 6.61 Å². The van der Waals surface area contributed by atoms with E-state index < -0.39 is 46.5 Å². The first-order chi connectivity index (χ1) is 10.2. The molecule has 4 aliphatic rings. The summed E-state index contributed by atoms with van der Waals surface area (Å²) in [6.07, 6.45) is -1.24. The second-order valence-corrected chi connectivity index (χ2v) is 6.93. The summed E-state index contributed by atoms with van der Waals surface area (Å²) >= 11 is 0. The van der Waals surface area contributed by atoms with Crippen LogP contribution in [0.15, 0.2) is 11.6 Å². The van der Waals surface area contributed by atoms with Gasteiger partial charge in [0.25, 0.3) is 0 Å². The lowest BCUT2D eigenvalue weighted by molar-refractivity contribution is -0.232. The molecule has 2 bridgehead atoms. The monoisotopic (exact) mass is 308 g/mol. The van der Waals surface area contributed by atoms with Gasteiger partial charge in [-0.05, 0) is 18.6 Å². The third kappa shape index (κ3) is 1.10. The highest BCUT2D eigenvalue weighted by molar-refractivity contribution is 6.00. The van der Waals surface area contributed by atoms with Crippen LogP contribution in [0.5, 0.6) is 0 Å². The van der Waals surface area contributed by atoms with Gasteiger partial charge in [0.15, 0.2) is 11.9 Å². The van der Waals surface area contributed by atoms with Crippen molar-refractivity contribution in [3.05, 3.63) is 11.6 Å². The summed E-state index contributed by atoms with van der Waals surface area (Å²) in [6, 6.07) is 0. The number of esters is 2. The first kappa shape index (κ1) is 13.9. The first-order valence-electron chi connectivity index (χ1n) is 7.24. The van der Waals surface area contributed by atoms with Crippen LogP contribution in [0.25, 0.3) is 0 Å². The van der Waals surface area contributed by atoms with E-state index in [1.54, 1.807) is 13.8 Å². The molecule has 7 nitrogen and oxygen atoms in total. The quantitative estimate of drug-likeness (QED) is 0.558. The summed E-state index contributed by atoms with van der Waals surface area (Å²) in [7, 11) is 0. The van der Waals surface area contributed by atoms with Crippen LogP contribution in [0.2, 0.25) is 0 Å². The van der Waals surface area contributed by atoms with E-state index in [9.17, 15) is 24.6 Å². The fourth-order valence-corrected chi connectivity index (χ4v) is 4.77. The fourth-order valence-electron chi connectivity index (χ4n) is 4.77. The molecule has 1 saturated carbocycles. The molecule has 0 aromatic rings. The topological polar surface area (TPSA) is 110 Å². The minimum Gasteiger partial charge on any atom is -0.462 e. The summed E-state index contributed by atoms with van der Waals surface area (Å²) in [4.78, 5) is 36.5. The van der Waals surface area contributed by atoms with Crippen molar-refractivity contribution in [2.45, 2.75) is 38.1 Å². The maximum atomic E-state index is 12.3. The van der Waals surface area contributed by atoms with Gasteiger partial charge in [0.2, 0.25) is 5.60 Å². The number of ketones is 1. The highest BCUT2D eigenvalue weighted by atomic mass is 16.6.